The third kappa shape index (κ3) is 5.15. The molecule has 6 heteroatoms. The highest BCUT2D eigenvalue weighted by atomic mass is 32.1. The van der Waals surface area contributed by atoms with E-state index in [1.54, 1.807) is 11.3 Å². The van der Waals surface area contributed by atoms with E-state index in [4.69, 9.17) is 24.4 Å². The smallest absolute Gasteiger partial charge is 0.227 e. The van der Waals surface area contributed by atoms with Crippen LogP contribution in [0, 0.1) is 0 Å². The van der Waals surface area contributed by atoms with Gasteiger partial charge in [-0.05, 0) is 69.8 Å². The highest BCUT2D eigenvalue weighted by Crippen LogP contribution is 2.43. The summed E-state index contributed by atoms with van der Waals surface area (Å²) < 4.78 is 8.99. The molecule has 0 saturated heterocycles. The fourth-order valence-corrected chi connectivity index (χ4v) is 8.53. The zero-order valence-corrected chi connectivity index (χ0v) is 29.6. The Morgan fingerprint density at radius 3 is 1.72 bits per heavy atom. The van der Waals surface area contributed by atoms with E-state index in [0.717, 1.165) is 60.6 Å². The standard InChI is InChI=1S/C48H28N4OS/c1-3-10-32(11-4-1)45-50-46(52-47(51-45)37-20-17-29-9-7-8-14-35(29)27-37)33-18-15-30(16-19-33)36-23-25-40-38(28-36)43-41(54-40)26-22-31-21-24-39-44(42(31)43)53-48(49-39)34-12-5-2-6-13-34/h1-28H. The summed E-state index contributed by atoms with van der Waals surface area (Å²) in [5, 5.41) is 6.97. The first-order chi connectivity index (χ1) is 26.7. The van der Waals surface area contributed by atoms with Gasteiger partial charge >= 0.3 is 0 Å². The number of thiophene rings is 1. The zero-order valence-electron chi connectivity index (χ0n) is 28.8. The molecule has 0 aliphatic carbocycles. The van der Waals surface area contributed by atoms with Crippen LogP contribution < -0.4 is 0 Å². The minimum absolute atomic E-state index is 0.633. The van der Waals surface area contributed by atoms with Gasteiger partial charge < -0.3 is 4.42 Å². The number of oxazole rings is 1. The Morgan fingerprint density at radius 2 is 0.944 bits per heavy atom. The molecule has 0 aliphatic heterocycles. The predicted octanol–water partition coefficient (Wildman–Crippen LogP) is 13.0. The lowest BCUT2D eigenvalue weighted by molar-refractivity contribution is 0.623. The van der Waals surface area contributed by atoms with Gasteiger partial charge in [0, 0.05) is 47.8 Å². The van der Waals surface area contributed by atoms with Crippen LogP contribution >= 0.6 is 11.3 Å². The first-order valence-electron chi connectivity index (χ1n) is 17.9. The highest BCUT2D eigenvalue weighted by molar-refractivity contribution is 7.26. The topological polar surface area (TPSA) is 64.7 Å². The van der Waals surface area contributed by atoms with Gasteiger partial charge in [0.25, 0.3) is 0 Å². The van der Waals surface area contributed by atoms with Crippen LogP contribution in [0.3, 0.4) is 0 Å². The Balaban J connectivity index is 1.01. The second-order valence-corrected chi connectivity index (χ2v) is 14.5. The predicted molar refractivity (Wildman–Crippen MR) is 222 cm³/mol. The quantitative estimate of drug-likeness (QED) is 0.178. The van der Waals surface area contributed by atoms with Crippen molar-refractivity contribution in [2.45, 2.75) is 0 Å². The molecule has 0 fully saturated rings. The molecule has 11 aromatic rings. The minimum Gasteiger partial charge on any atom is -0.435 e. The summed E-state index contributed by atoms with van der Waals surface area (Å²) in [6, 6.07) is 58.8. The fraction of sp³-hybridized carbons (Fsp3) is 0. The van der Waals surface area contributed by atoms with Gasteiger partial charge in [0.2, 0.25) is 5.89 Å². The van der Waals surface area contributed by atoms with E-state index in [-0.39, 0.29) is 0 Å². The molecule has 0 saturated carbocycles. The summed E-state index contributed by atoms with van der Waals surface area (Å²) in [4.78, 5) is 19.8. The van der Waals surface area contributed by atoms with Crippen LogP contribution in [-0.2, 0) is 0 Å². The number of aromatic nitrogens is 4. The monoisotopic (exact) mass is 708 g/mol. The van der Waals surface area contributed by atoms with Gasteiger partial charge in [0.1, 0.15) is 5.52 Å². The van der Waals surface area contributed by atoms with E-state index in [0.29, 0.717) is 23.4 Å². The first-order valence-corrected chi connectivity index (χ1v) is 18.7. The Labute approximate surface area is 313 Å². The molecular weight excluding hydrogens is 681 g/mol. The maximum absolute atomic E-state index is 6.53. The summed E-state index contributed by atoms with van der Waals surface area (Å²) in [5.74, 6) is 2.56. The van der Waals surface area contributed by atoms with Crippen LogP contribution in [0.1, 0.15) is 0 Å². The van der Waals surface area contributed by atoms with Crippen LogP contribution in [0.15, 0.2) is 174 Å². The van der Waals surface area contributed by atoms with Gasteiger partial charge in [-0.3, -0.25) is 0 Å². The number of nitrogens with zero attached hydrogens (tertiary/aromatic N) is 4. The Kier molecular flexibility index (Phi) is 6.97. The first kappa shape index (κ1) is 30.6. The SMILES string of the molecule is c1ccc(-c2nc(-c3ccc(-c4ccc5sc6ccc7ccc8nc(-c9ccccc9)oc8c7c6c5c4)cc3)nc(-c3ccc4ccccc4c3)n2)cc1. The second-order valence-electron chi connectivity index (χ2n) is 13.5. The number of hydrogen-bond donors (Lipinski definition) is 0. The lowest BCUT2D eigenvalue weighted by Gasteiger charge is -2.10. The maximum atomic E-state index is 6.53. The van der Waals surface area contributed by atoms with E-state index < -0.39 is 0 Å². The third-order valence-corrected chi connectivity index (χ3v) is 11.3. The Bertz CT molecular complexity index is 3210. The summed E-state index contributed by atoms with van der Waals surface area (Å²) in [5.41, 5.74) is 7.72. The van der Waals surface area contributed by atoms with Crippen LogP contribution in [-0.4, -0.2) is 19.9 Å². The molecule has 11 rings (SSSR count). The van der Waals surface area contributed by atoms with Crippen molar-refractivity contribution in [1.29, 1.82) is 0 Å². The molecule has 8 aromatic carbocycles. The van der Waals surface area contributed by atoms with Crippen molar-refractivity contribution < 1.29 is 4.42 Å². The van der Waals surface area contributed by atoms with E-state index in [1.807, 2.05) is 60.7 Å². The molecule has 0 bridgehead atoms. The average molecular weight is 709 g/mol. The largest absolute Gasteiger partial charge is 0.435 e. The van der Waals surface area contributed by atoms with E-state index in [9.17, 15) is 0 Å². The maximum Gasteiger partial charge on any atom is 0.227 e. The zero-order chi connectivity index (χ0) is 35.6. The second kappa shape index (κ2) is 12.3. The molecule has 0 atom stereocenters. The van der Waals surface area contributed by atoms with Gasteiger partial charge in [0.15, 0.2) is 23.1 Å². The molecule has 5 nitrogen and oxygen atoms in total. The molecule has 252 valence electrons. The Hall–Kier alpha value is -7.02. The number of benzene rings is 8. The van der Waals surface area contributed by atoms with Crippen molar-refractivity contribution in [2.75, 3.05) is 0 Å². The number of hydrogen-bond acceptors (Lipinski definition) is 6. The van der Waals surface area contributed by atoms with Gasteiger partial charge in [-0.2, -0.15) is 0 Å². The van der Waals surface area contributed by atoms with E-state index in [1.165, 1.54) is 25.6 Å². The lowest BCUT2D eigenvalue weighted by atomic mass is 9.99. The van der Waals surface area contributed by atoms with Crippen LogP contribution in [0.5, 0.6) is 0 Å². The van der Waals surface area contributed by atoms with Crippen LogP contribution in [0.2, 0.25) is 0 Å². The minimum atomic E-state index is 0.633. The fourth-order valence-electron chi connectivity index (χ4n) is 7.44. The normalized spacial score (nSPS) is 11.7. The van der Waals surface area contributed by atoms with Crippen molar-refractivity contribution in [2.24, 2.45) is 0 Å². The van der Waals surface area contributed by atoms with Crippen molar-refractivity contribution in [3.63, 3.8) is 0 Å². The van der Waals surface area contributed by atoms with E-state index >= 15 is 0 Å². The highest BCUT2D eigenvalue weighted by Gasteiger charge is 2.18. The van der Waals surface area contributed by atoms with Gasteiger partial charge in [-0.15, -0.1) is 11.3 Å². The van der Waals surface area contributed by atoms with Crippen molar-refractivity contribution in [3.05, 3.63) is 170 Å². The number of rotatable bonds is 5. The molecular formula is C48H28N4OS. The summed E-state index contributed by atoms with van der Waals surface area (Å²) >= 11 is 1.81. The summed E-state index contributed by atoms with van der Waals surface area (Å²) in [7, 11) is 0. The van der Waals surface area contributed by atoms with Crippen molar-refractivity contribution >= 4 is 64.2 Å². The number of fused-ring (bicyclic) bond motifs is 8. The van der Waals surface area contributed by atoms with Crippen LogP contribution in [0.4, 0.5) is 0 Å². The molecule has 3 aromatic heterocycles. The Morgan fingerprint density at radius 1 is 0.370 bits per heavy atom. The van der Waals surface area contributed by atoms with Gasteiger partial charge in [-0.25, -0.2) is 19.9 Å². The van der Waals surface area contributed by atoms with Gasteiger partial charge in [0.05, 0.1) is 0 Å². The molecule has 54 heavy (non-hydrogen) atoms. The molecule has 0 amide bonds. The van der Waals surface area contributed by atoms with Crippen molar-refractivity contribution in [1.82, 2.24) is 19.9 Å². The molecule has 0 spiro atoms. The van der Waals surface area contributed by atoms with E-state index in [2.05, 4.69) is 109 Å². The average Bonchev–Trinajstić information content (AvgIpc) is 3.86. The third-order valence-electron chi connectivity index (χ3n) is 10.1. The lowest BCUT2D eigenvalue weighted by Crippen LogP contribution is -2.00. The summed E-state index contributed by atoms with van der Waals surface area (Å²) in [6.07, 6.45) is 0. The van der Waals surface area contributed by atoms with Crippen molar-refractivity contribution in [3.8, 4) is 56.7 Å². The molecule has 0 N–H and O–H groups in total. The molecule has 0 radical (unpaired) electrons. The molecule has 3 heterocycles. The van der Waals surface area contributed by atoms with Crippen LogP contribution in [0.25, 0.3) is 110 Å². The molecule has 0 unspecified atom stereocenters. The molecule has 0 aliphatic rings. The van der Waals surface area contributed by atoms with Gasteiger partial charge in [-0.1, -0.05) is 127 Å². The summed E-state index contributed by atoms with van der Waals surface area (Å²) in [6.45, 7) is 0.